The van der Waals surface area contributed by atoms with Gasteiger partial charge < -0.3 is 34.5 Å². The monoisotopic (exact) mass is 922 g/mol. The molecule has 2 saturated heterocycles. The third kappa shape index (κ3) is 10.2. The maximum Gasteiger partial charge on any atom is 0.438 e. The van der Waals surface area contributed by atoms with E-state index in [0.717, 1.165) is 4.90 Å². The summed E-state index contributed by atoms with van der Waals surface area (Å²) in [5, 5.41) is 4.95. The Morgan fingerprint density at radius 1 is 1.00 bits per heavy atom. The van der Waals surface area contributed by atoms with Crippen molar-refractivity contribution in [2.75, 3.05) is 27.4 Å². The molecular formula is C40H52F6N6O10S. The van der Waals surface area contributed by atoms with Gasteiger partial charge in [-0.2, -0.15) is 26.3 Å². The van der Waals surface area contributed by atoms with Gasteiger partial charge in [0.25, 0.3) is 5.91 Å². The lowest BCUT2D eigenvalue weighted by molar-refractivity contribution is -0.244. The van der Waals surface area contributed by atoms with Crippen LogP contribution in [-0.2, 0) is 40.1 Å². The lowest BCUT2D eigenvalue weighted by Crippen LogP contribution is -2.60. The lowest BCUT2D eigenvalue weighted by atomic mass is 9.86. The Kier molecular flexibility index (Phi) is 13.2. The molecular weight excluding hydrogens is 871 g/mol. The van der Waals surface area contributed by atoms with Gasteiger partial charge in [-0.1, -0.05) is 26.2 Å². The molecule has 23 heteroatoms. The Balaban J connectivity index is 1.41. The molecule has 0 radical (unpaired) electrons. The molecule has 0 unspecified atom stereocenters. The summed E-state index contributed by atoms with van der Waals surface area (Å²) in [7, 11) is -1.54. The van der Waals surface area contributed by atoms with Crippen LogP contribution in [0.4, 0.5) is 31.1 Å². The predicted molar refractivity (Wildman–Crippen MR) is 210 cm³/mol. The van der Waals surface area contributed by atoms with E-state index >= 15 is 0 Å². The largest absolute Gasteiger partial charge is 0.497 e. The van der Waals surface area contributed by atoms with Crippen molar-refractivity contribution in [3.8, 4) is 11.6 Å². The molecule has 2 aliphatic carbocycles. The van der Waals surface area contributed by atoms with E-state index in [0.29, 0.717) is 52.4 Å². The zero-order valence-electron chi connectivity index (χ0n) is 35.6. The highest BCUT2D eigenvalue weighted by Gasteiger charge is 2.64. The summed E-state index contributed by atoms with van der Waals surface area (Å²) >= 11 is 0. The standard InChI is InChI=1S/C40H52F6N6O10S/c1-21-9-7-8-10-23-18-38(23,34(55)51-63(57,58)37(4)13-14-37)50-31(53)28-17-25(61-32-30(39(41,42)43)47-26-12-11-24(60-6)16-27(26)48-32)19-52(28)33(54)29(22(15-21)20-59-5)49-35(56)62-36(2,3)40(44,45)46/h11-12,16,21-23,25,28-29H,7-10,13-15,17-20H2,1-6H3,(H,49,56)(H,50,53)(H,51,55)/t21-,22-,23+,25+,28-,29-,38+/m0/s1. The van der Waals surface area contributed by atoms with Crippen LogP contribution in [0.1, 0.15) is 91.2 Å². The van der Waals surface area contributed by atoms with Crippen LogP contribution >= 0.6 is 0 Å². The number of fused-ring (bicyclic) bond motifs is 3. The molecule has 4 fully saturated rings. The number of carbonyl (C=O) groups is 4. The number of aromatic nitrogens is 2. The van der Waals surface area contributed by atoms with Crippen molar-refractivity contribution in [1.29, 1.82) is 0 Å². The van der Waals surface area contributed by atoms with E-state index in [1.54, 1.807) is 0 Å². The van der Waals surface area contributed by atoms with Crippen LogP contribution in [0.25, 0.3) is 11.0 Å². The molecule has 0 spiro atoms. The minimum Gasteiger partial charge on any atom is -0.497 e. The van der Waals surface area contributed by atoms with Gasteiger partial charge in [0, 0.05) is 25.5 Å². The van der Waals surface area contributed by atoms with Gasteiger partial charge in [0.05, 0.1) is 36.0 Å². The van der Waals surface area contributed by atoms with E-state index in [9.17, 15) is 53.9 Å². The number of hydrogen-bond acceptors (Lipinski definition) is 12. The summed E-state index contributed by atoms with van der Waals surface area (Å²) < 4.78 is 134. The highest BCUT2D eigenvalue weighted by Crippen LogP contribution is 2.49. The molecule has 7 atom stereocenters. The van der Waals surface area contributed by atoms with Crippen molar-refractivity contribution in [3.05, 3.63) is 23.9 Å². The molecule has 0 bridgehead atoms. The molecule has 4 aliphatic rings. The first-order valence-electron chi connectivity index (χ1n) is 20.6. The van der Waals surface area contributed by atoms with Gasteiger partial charge in [0.2, 0.25) is 39.0 Å². The molecule has 6 rings (SSSR count). The van der Waals surface area contributed by atoms with E-state index in [4.69, 9.17) is 18.9 Å². The lowest BCUT2D eigenvalue weighted by Gasteiger charge is -2.35. The first-order valence-corrected chi connectivity index (χ1v) is 22.1. The number of hydrogen-bond donors (Lipinski definition) is 3. The highest BCUT2D eigenvalue weighted by molar-refractivity contribution is 7.91. The zero-order chi connectivity index (χ0) is 46.5. The number of sulfonamides is 1. The number of alkyl halides is 6. The van der Waals surface area contributed by atoms with Gasteiger partial charge in [-0.25, -0.2) is 23.2 Å². The van der Waals surface area contributed by atoms with Crippen molar-refractivity contribution in [3.63, 3.8) is 0 Å². The Morgan fingerprint density at radius 2 is 1.68 bits per heavy atom. The van der Waals surface area contributed by atoms with Gasteiger partial charge in [-0.15, -0.1) is 0 Å². The number of amides is 4. The van der Waals surface area contributed by atoms with Crippen LogP contribution in [0.2, 0.25) is 0 Å². The Labute approximate surface area is 359 Å². The molecule has 4 amide bonds. The number of methoxy groups -OCH3 is 2. The fourth-order valence-corrected chi connectivity index (χ4v) is 9.55. The molecule has 3 heterocycles. The maximum absolute atomic E-state index is 14.9. The van der Waals surface area contributed by atoms with Gasteiger partial charge in [-0.05, 0) is 76.8 Å². The fraction of sp³-hybridized carbons (Fsp3) is 0.700. The van der Waals surface area contributed by atoms with E-state index in [2.05, 4.69) is 25.3 Å². The molecule has 1 aromatic heterocycles. The number of carbonyl (C=O) groups excluding carboxylic acids is 4. The number of alkyl carbamates (subject to hydrolysis) is 1. The average molecular weight is 923 g/mol. The van der Waals surface area contributed by atoms with Crippen molar-refractivity contribution in [2.45, 2.75) is 132 Å². The first kappa shape index (κ1) is 47.8. The molecule has 3 N–H and O–H groups in total. The van der Waals surface area contributed by atoms with E-state index in [1.807, 2.05) is 6.92 Å². The third-order valence-electron chi connectivity index (χ3n) is 12.5. The normalized spacial score (nSPS) is 28.1. The van der Waals surface area contributed by atoms with E-state index in [-0.39, 0.29) is 42.1 Å². The van der Waals surface area contributed by atoms with Crippen molar-refractivity contribution in [2.24, 2.45) is 17.8 Å². The molecule has 350 valence electrons. The summed E-state index contributed by atoms with van der Waals surface area (Å²) in [6, 6.07) is 0.584. The number of ether oxygens (including phenoxy) is 4. The molecule has 1 aromatic carbocycles. The molecule has 63 heavy (non-hydrogen) atoms. The first-order chi connectivity index (χ1) is 29.2. The van der Waals surface area contributed by atoms with Crippen molar-refractivity contribution < 1.29 is 72.9 Å². The van der Waals surface area contributed by atoms with Gasteiger partial charge >= 0.3 is 18.4 Å². The van der Waals surface area contributed by atoms with Crippen LogP contribution in [0.5, 0.6) is 11.6 Å². The van der Waals surface area contributed by atoms with E-state index < -0.39 is 117 Å². The molecule has 2 saturated carbocycles. The summed E-state index contributed by atoms with van der Waals surface area (Å²) in [4.78, 5) is 65.5. The van der Waals surface area contributed by atoms with Gasteiger partial charge in [0.1, 0.15) is 29.5 Å². The summed E-state index contributed by atoms with van der Waals surface area (Å²) in [5.74, 6) is -5.44. The number of halogens is 6. The quantitative estimate of drug-likeness (QED) is 0.264. The van der Waals surface area contributed by atoms with Gasteiger partial charge in [-0.3, -0.25) is 19.1 Å². The van der Waals surface area contributed by atoms with Crippen LogP contribution in [0.15, 0.2) is 18.2 Å². The average Bonchev–Trinajstić information content (AvgIpc) is 4.06. The predicted octanol–water partition coefficient (Wildman–Crippen LogP) is 5.18. The Bertz CT molecular complexity index is 2210. The van der Waals surface area contributed by atoms with Crippen LogP contribution in [-0.4, -0.2) is 115 Å². The minimum absolute atomic E-state index is 0.0406. The second kappa shape index (κ2) is 17.4. The summed E-state index contributed by atoms with van der Waals surface area (Å²) in [6.07, 6.45) is -10.8. The summed E-state index contributed by atoms with van der Waals surface area (Å²) in [6.45, 7) is 3.71. The highest BCUT2D eigenvalue weighted by atomic mass is 32.2. The Hall–Kier alpha value is -4.67. The number of rotatable bonds is 10. The van der Waals surface area contributed by atoms with Crippen molar-refractivity contribution in [1.82, 2.24) is 30.2 Å². The number of nitrogens with zero attached hydrogens (tertiary/aromatic N) is 3. The van der Waals surface area contributed by atoms with Crippen molar-refractivity contribution >= 4 is 44.9 Å². The smallest absolute Gasteiger partial charge is 0.438 e. The van der Waals surface area contributed by atoms with Crippen LogP contribution < -0.4 is 24.8 Å². The molecule has 16 nitrogen and oxygen atoms in total. The fourth-order valence-electron chi connectivity index (χ4n) is 8.23. The van der Waals surface area contributed by atoms with Crippen LogP contribution in [0.3, 0.4) is 0 Å². The van der Waals surface area contributed by atoms with E-state index in [1.165, 1.54) is 39.3 Å². The Morgan fingerprint density at radius 3 is 2.30 bits per heavy atom. The minimum atomic E-state index is -5.10. The second-order valence-corrected chi connectivity index (χ2v) is 20.0. The number of benzene rings is 1. The molecule has 2 aliphatic heterocycles. The zero-order valence-corrected chi connectivity index (χ0v) is 36.4. The van der Waals surface area contributed by atoms with Gasteiger partial charge in [0.15, 0.2) is 0 Å². The number of nitrogens with one attached hydrogen (secondary N) is 3. The third-order valence-corrected chi connectivity index (χ3v) is 14.7. The topological polar surface area (TPSA) is 204 Å². The maximum atomic E-state index is 14.9. The SMILES string of the molecule is COC[C@@H]1C[C@@H](C)CCCC[C@@H]2C[C@@]2(C(=O)NS(=O)(=O)C2(C)CC2)NC(=O)[C@@H]2C[C@@H](Oc3nc4cc(OC)ccc4nc3C(F)(F)F)CN2C(=O)[C@H]1NC(=O)OC(C)(C)C(F)(F)F. The second-order valence-electron chi connectivity index (χ2n) is 17.8. The van der Waals surface area contributed by atoms with Crippen LogP contribution in [0, 0.1) is 17.8 Å². The summed E-state index contributed by atoms with van der Waals surface area (Å²) in [5.41, 5.74) is -6.49. The molecule has 2 aromatic rings.